The summed E-state index contributed by atoms with van der Waals surface area (Å²) in [6.45, 7) is 5.65. The van der Waals surface area contributed by atoms with Gasteiger partial charge in [-0.3, -0.25) is 14.5 Å². The Kier molecular flexibility index (Phi) is 5.59. The number of hydrogen-bond donors (Lipinski definition) is 2. The Morgan fingerprint density at radius 1 is 1.17 bits per heavy atom. The summed E-state index contributed by atoms with van der Waals surface area (Å²) in [6.07, 6.45) is 4.56. The lowest BCUT2D eigenvalue weighted by Crippen LogP contribution is -2.46. The highest BCUT2D eigenvalue weighted by atomic mass is 19.1. The van der Waals surface area contributed by atoms with Gasteiger partial charge >= 0.3 is 0 Å². The maximum absolute atomic E-state index is 14.5. The number of fused-ring (bicyclic) bond motifs is 1. The summed E-state index contributed by atoms with van der Waals surface area (Å²) in [5.41, 5.74) is 3.47. The van der Waals surface area contributed by atoms with E-state index in [0.717, 1.165) is 36.4 Å². The number of aromatic amines is 1. The molecule has 3 aromatic rings. The summed E-state index contributed by atoms with van der Waals surface area (Å²) in [7, 11) is 1.53. The lowest BCUT2D eigenvalue weighted by Gasteiger charge is -2.36. The molecule has 0 saturated carbocycles. The topological polar surface area (TPSA) is 72.8 Å². The molecule has 158 valence electrons. The van der Waals surface area contributed by atoms with Gasteiger partial charge in [-0.25, -0.2) is 4.39 Å². The number of anilines is 1. The molecule has 8 heteroatoms. The molecule has 0 spiro atoms. The minimum Gasteiger partial charge on any atom is -0.367 e. The van der Waals surface area contributed by atoms with Crippen molar-refractivity contribution in [2.75, 3.05) is 38.1 Å². The van der Waals surface area contributed by atoms with E-state index in [1.54, 1.807) is 12.1 Å². The van der Waals surface area contributed by atoms with Gasteiger partial charge in [0.1, 0.15) is 11.5 Å². The largest absolute Gasteiger partial charge is 0.367 e. The van der Waals surface area contributed by atoms with Gasteiger partial charge < -0.3 is 19.6 Å². The van der Waals surface area contributed by atoms with Gasteiger partial charge in [-0.05, 0) is 30.7 Å². The van der Waals surface area contributed by atoms with E-state index in [2.05, 4.69) is 15.2 Å². The Morgan fingerprint density at radius 2 is 1.93 bits per heavy atom. The number of amides is 1. The zero-order chi connectivity index (χ0) is 21.3. The van der Waals surface area contributed by atoms with Crippen molar-refractivity contribution in [3.63, 3.8) is 0 Å². The van der Waals surface area contributed by atoms with Gasteiger partial charge in [0.05, 0.1) is 5.69 Å². The van der Waals surface area contributed by atoms with E-state index < -0.39 is 0 Å². The molecule has 3 heterocycles. The number of H-pyrrole nitrogens is 1. The van der Waals surface area contributed by atoms with E-state index in [0.29, 0.717) is 30.8 Å². The van der Waals surface area contributed by atoms with Crippen LogP contribution in [0.15, 0.2) is 41.5 Å². The predicted octanol–water partition coefficient (Wildman–Crippen LogP) is 2.01. The Labute approximate surface area is 174 Å². The molecule has 2 N–H and O–H groups in total. The third-order valence-electron chi connectivity index (χ3n) is 5.74. The first-order valence-corrected chi connectivity index (χ1v) is 10.2. The van der Waals surface area contributed by atoms with Gasteiger partial charge in [0.25, 0.3) is 11.5 Å². The molecule has 1 saturated heterocycles. The lowest BCUT2D eigenvalue weighted by atomic mass is 10.1. The SMILES string of the molecule is CCc1cn2ccc(CN3CCN(c4ccc(C(=O)NC)cc4F)CC3)c2[nH]c1=O. The Hall–Kier alpha value is -3.13. The smallest absolute Gasteiger partial charge is 0.254 e. The van der Waals surface area contributed by atoms with Gasteiger partial charge in [0.2, 0.25) is 0 Å². The first kappa shape index (κ1) is 20.2. The van der Waals surface area contributed by atoms with Crippen LogP contribution in [0.3, 0.4) is 0 Å². The summed E-state index contributed by atoms with van der Waals surface area (Å²) in [4.78, 5) is 31.2. The van der Waals surface area contributed by atoms with Crippen molar-refractivity contribution in [2.45, 2.75) is 19.9 Å². The van der Waals surface area contributed by atoms with Crippen molar-refractivity contribution in [2.24, 2.45) is 0 Å². The molecular formula is C22H26FN5O2. The average Bonchev–Trinajstić information content (AvgIpc) is 3.14. The number of nitrogens with zero attached hydrogens (tertiary/aromatic N) is 3. The van der Waals surface area contributed by atoms with Gasteiger partial charge in [0, 0.05) is 68.9 Å². The molecule has 1 amide bonds. The minimum atomic E-state index is -0.382. The standard InChI is InChI=1S/C22H26FN5O2/c1-3-15-14-28-7-6-17(20(28)25-22(15)30)13-26-8-10-27(11-9-26)19-5-4-16(12-18(19)23)21(29)24-2/h4-7,12,14H,3,8-11,13H2,1-2H3,(H,24,29)(H,25,30). The monoisotopic (exact) mass is 411 g/mol. The number of carbonyl (C=O) groups is 1. The maximum atomic E-state index is 14.5. The van der Waals surface area contributed by atoms with Crippen molar-refractivity contribution in [1.29, 1.82) is 0 Å². The molecule has 0 radical (unpaired) electrons. The second-order valence-corrected chi connectivity index (χ2v) is 7.57. The number of hydrogen-bond acceptors (Lipinski definition) is 4. The molecule has 0 aliphatic carbocycles. The zero-order valence-electron chi connectivity index (χ0n) is 17.2. The number of benzene rings is 1. The minimum absolute atomic E-state index is 0.0366. The number of rotatable bonds is 5. The van der Waals surface area contributed by atoms with Crippen molar-refractivity contribution in [1.82, 2.24) is 19.6 Å². The van der Waals surface area contributed by atoms with Crippen LogP contribution in [0.1, 0.15) is 28.4 Å². The summed E-state index contributed by atoms with van der Waals surface area (Å²) in [5, 5.41) is 2.51. The van der Waals surface area contributed by atoms with Crippen LogP contribution >= 0.6 is 0 Å². The van der Waals surface area contributed by atoms with Gasteiger partial charge in [-0.15, -0.1) is 0 Å². The second-order valence-electron chi connectivity index (χ2n) is 7.57. The molecule has 1 aliphatic heterocycles. The fourth-order valence-corrected chi connectivity index (χ4v) is 3.97. The number of aromatic nitrogens is 2. The Bertz CT molecular complexity index is 1130. The second kappa shape index (κ2) is 8.31. The fraction of sp³-hybridized carbons (Fsp3) is 0.364. The molecule has 0 bridgehead atoms. The fourth-order valence-electron chi connectivity index (χ4n) is 3.97. The molecule has 1 aliphatic rings. The molecule has 7 nitrogen and oxygen atoms in total. The number of carbonyl (C=O) groups excluding carboxylic acids is 1. The van der Waals surface area contributed by atoms with Crippen molar-refractivity contribution in [3.05, 3.63) is 69.5 Å². The highest BCUT2D eigenvalue weighted by Crippen LogP contribution is 2.23. The molecule has 4 rings (SSSR count). The number of piperazine rings is 1. The van der Waals surface area contributed by atoms with E-state index >= 15 is 0 Å². The zero-order valence-corrected chi connectivity index (χ0v) is 17.2. The summed E-state index contributed by atoms with van der Waals surface area (Å²) >= 11 is 0. The first-order chi connectivity index (χ1) is 14.5. The number of halogens is 1. The lowest BCUT2D eigenvalue weighted by molar-refractivity contribution is 0.0962. The maximum Gasteiger partial charge on any atom is 0.254 e. The molecule has 0 unspecified atom stereocenters. The van der Waals surface area contributed by atoms with E-state index in [4.69, 9.17) is 0 Å². The molecule has 2 aromatic heterocycles. The average molecular weight is 411 g/mol. The van der Waals surface area contributed by atoms with Crippen LogP contribution in [0.2, 0.25) is 0 Å². The number of nitrogens with one attached hydrogen (secondary N) is 2. The van der Waals surface area contributed by atoms with Crippen molar-refractivity contribution in [3.8, 4) is 0 Å². The van der Waals surface area contributed by atoms with Crippen LogP contribution in [-0.2, 0) is 13.0 Å². The molecule has 0 atom stereocenters. The van der Waals surface area contributed by atoms with Gasteiger partial charge in [-0.2, -0.15) is 0 Å². The third kappa shape index (κ3) is 3.82. The van der Waals surface area contributed by atoms with Crippen molar-refractivity contribution < 1.29 is 9.18 Å². The Morgan fingerprint density at radius 3 is 2.60 bits per heavy atom. The summed E-state index contributed by atoms with van der Waals surface area (Å²) in [6, 6.07) is 6.65. The highest BCUT2D eigenvalue weighted by Gasteiger charge is 2.21. The van der Waals surface area contributed by atoms with Crippen LogP contribution in [-0.4, -0.2) is 53.4 Å². The van der Waals surface area contributed by atoms with Crippen LogP contribution in [0.5, 0.6) is 0 Å². The van der Waals surface area contributed by atoms with Gasteiger partial charge in [-0.1, -0.05) is 6.92 Å². The number of aryl methyl sites for hydroxylation is 1. The summed E-state index contributed by atoms with van der Waals surface area (Å²) in [5.74, 6) is -0.679. The van der Waals surface area contributed by atoms with Gasteiger partial charge in [0.15, 0.2) is 0 Å². The molecule has 30 heavy (non-hydrogen) atoms. The highest BCUT2D eigenvalue weighted by molar-refractivity contribution is 5.94. The van der Waals surface area contributed by atoms with Crippen LogP contribution in [0.25, 0.3) is 5.65 Å². The predicted molar refractivity (Wildman–Crippen MR) is 115 cm³/mol. The normalized spacial score (nSPS) is 15.0. The Balaban J connectivity index is 1.43. The summed E-state index contributed by atoms with van der Waals surface area (Å²) < 4.78 is 16.5. The molecule has 1 fully saturated rings. The van der Waals surface area contributed by atoms with E-state index in [9.17, 15) is 14.0 Å². The van der Waals surface area contributed by atoms with E-state index in [1.165, 1.54) is 13.1 Å². The van der Waals surface area contributed by atoms with E-state index in [1.807, 2.05) is 34.7 Å². The van der Waals surface area contributed by atoms with Crippen LogP contribution in [0, 0.1) is 5.82 Å². The molecular weight excluding hydrogens is 385 g/mol. The van der Waals surface area contributed by atoms with Crippen molar-refractivity contribution >= 4 is 17.2 Å². The van der Waals surface area contributed by atoms with Crippen LogP contribution in [0.4, 0.5) is 10.1 Å². The molecule has 1 aromatic carbocycles. The first-order valence-electron chi connectivity index (χ1n) is 10.2. The van der Waals surface area contributed by atoms with E-state index in [-0.39, 0.29) is 17.3 Å². The van der Waals surface area contributed by atoms with Crippen LogP contribution < -0.4 is 15.8 Å². The quantitative estimate of drug-likeness (QED) is 0.674. The third-order valence-corrected chi connectivity index (χ3v) is 5.74.